The fourth-order valence-electron chi connectivity index (χ4n) is 4.85. The molecule has 1 fully saturated rings. The molecule has 2 aromatic carbocycles. The summed E-state index contributed by atoms with van der Waals surface area (Å²) in [5.74, 6) is -3.73. The molecule has 1 saturated carbocycles. The molecule has 0 aliphatic heterocycles. The molecular formula is C30H29F3N6O4. The van der Waals surface area contributed by atoms with E-state index in [0.29, 0.717) is 39.6 Å². The van der Waals surface area contributed by atoms with Gasteiger partial charge in [-0.3, -0.25) is 10.3 Å². The molecule has 43 heavy (non-hydrogen) atoms. The summed E-state index contributed by atoms with van der Waals surface area (Å²) in [5, 5.41) is 9.73. The molecule has 224 valence electrons. The Bertz CT molecular complexity index is 1690. The number of amides is 1. The van der Waals surface area contributed by atoms with Gasteiger partial charge in [0.25, 0.3) is 5.92 Å². The van der Waals surface area contributed by atoms with Crippen LogP contribution in [0.1, 0.15) is 42.9 Å². The zero-order valence-electron chi connectivity index (χ0n) is 23.9. The van der Waals surface area contributed by atoms with Gasteiger partial charge in [0.05, 0.1) is 54.5 Å². The number of aryl methyl sites for hydroxylation is 2. The van der Waals surface area contributed by atoms with Gasteiger partial charge in [-0.15, -0.1) is 0 Å². The van der Waals surface area contributed by atoms with Gasteiger partial charge in [0.15, 0.2) is 11.6 Å². The third kappa shape index (κ3) is 6.99. The van der Waals surface area contributed by atoms with Crippen molar-refractivity contribution in [2.24, 2.45) is 4.99 Å². The van der Waals surface area contributed by atoms with E-state index in [9.17, 15) is 13.6 Å². The van der Waals surface area contributed by atoms with Crippen LogP contribution in [-0.4, -0.2) is 57.2 Å². The lowest BCUT2D eigenvalue weighted by Crippen LogP contribution is -2.45. The van der Waals surface area contributed by atoms with Crippen LogP contribution in [0, 0.1) is 19.7 Å². The van der Waals surface area contributed by atoms with Gasteiger partial charge >= 0.3 is 6.09 Å². The highest BCUT2D eigenvalue weighted by Crippen LogP contribution is 2.38. The normalized spacial score (nSPS) is 18.3. The van der Waals surface area contributed by atoms with Crippen LogP contribution in [0.2, 0.25) is 0 Å². The van der Waals surface area contributed by atoms with Crippen molar-refractivity contribution in [1.29, 1.82) is 0 Å². The summed E-state index contributed by atoms with van der Waals surface area (Å²) < 4.78 is 60.4. The van der Waals surface area contributed by atoms with E-state index in [-0.39, 0.29) is 12.2 Å². The fraction of sp³-hybridized carbons (Fsp3) is 0.333. The summed E-state index contributed by atoms with van der Waals surface area (Å²) in [7, 11) is 1.51. The minimum atomic E-state index is -3.06. The van der Waals surface area contributed by atoms with Crippen molar-refractivity contribution < 1.29 is 32.2 Å². The maximum absolute atomic E-state index is 15.4. The Hall–Kier alpha value is -4.81. The number of nitrogens with zero attached hydrogens (tertiary/aromatic N) is 5. The second-order valence-electron chi connectivity index (χ2n) is 10.3. The first kappa shape index (κ1) is 29.7. The molecule has 0 bridgehead atoms. The molecule has 1 N–H and O–H groups in total. The molecule has 13 heteroatoms. The highest BCUT2D eigenvalue weighted by atomic mass is 19.3. The molecule has 4 aromatic rings. The highest BCUT2D eigenvalue weighted by Gasteiger charge is 2.45. The number of methoxy groups -OCH3 is 1. The zero-order valence-corrected chi connectivity index (χ0v) is 23.9. The Morgan fingerprint density at radius 2 is 1.93 bits per heavy atom. The summed E-state index contributed by atoms with van der Waals surface area (Å²) in [4.78, 5) is 26.0. The number of nitrogens with one attached hydrogen (secondary N) is 1. The molecule has 1 aliphatic carbocycles. The van der Waals surface area contributed by atoms with Crippen LogP contribution in [0.25, 0.3) is 11.0 Å². The molecule has 2 heterocycles. The minimum Gasteiger partial charge on any atom is -0.483 e. The Kier molecular flexibility index (Phi) is 8.42. The molecule has 0 radical (unpaired) electrons. The van der Waals surface area contributed by atoms with Crippen LogP contribution < -0.4 is 14.8 Å². The van der Waals surface area contributed by atoms with Crippen molar-refractivity contribution in [2.45, 2.75) is 58.2 Å². The average molecular weight is 595 g/mol. The summed E-state index contributed by atoms with van der Waals surface area (Å²) in [6.07, 6.45) is -0.421. The third-order valence-electron chi connectivity index (χ3n) is 6.98. The number of benzene rings is 2. The lowest BCUT2D eigenvalue weighted by atomic mass is 9.91. The van der Waals surface area contributed by atoms with Crippen molar-refractivity contribution in [3.8, 4) is 11.6 Å². The quantitative estimate of drug-likeness (QED) is 0.241. The SMILES string of the molecule is COc1cnc2c(C(C)=Nc3cc(F)c(O[C@H]4CC(F)(F)CC[C@H]4OC(=O)Nc4ccnnc4)cc3C)cc(C)cc2n1. The van der Waals surface area contributed by atoms with Gasteiger partial charge in [0.1, 0.15) is 12.2 Å². The molecule has 0 spiro atoms. The summed E-state index contributed by atoms with van der Waals surface area (Å²) in [5.41, 5.74) is 4.64. The molecule has 2 atom stereocenters. The van der Waals surface area contributed by atoms with E-state index in [1.165, 1.54) is 43.9 Å². The van der Waals surface area contributed by atoms with E-state index < -0.39 is 42.9 Å². The number of alkyl halides is 2. The summed E-state index contributed by atoms with van der Waals surface area (Å²) >= 11 is 0. The molecule has 1 aliphatic rings. The van der Waals surface area contributed by atoms with Crippen LogP contribution in [0.3, 0.4) is 0 Å². The van der Waals surface area contributed by atoms with Gasteiger partial charge in [-0.05, 0) is 62.6 Å². The molecule has 10 nitrogen and oxygen atoms in total. The van der Waals surface area contributed by atoms with Crippen molar-refractivity contribution in [2.75, 3.05) is 12.4 Å². The monoisotopic (exact) mass is 594 g/mol. The Morgan fingerprint density at radius 1 is 1.12 bits per heavy atom. The lowest BCUT2D eigenvalue weighted by Gasteiger charge is -2.35. The van der Waals surface area contributed by atoms with Gasteiger partial charge in [0.2, 0.25) is 5.88 Å². The predicted octanol–water partition coefficient (Wildman–Crippen LogP) is 6.51. The molecule has 5 rings (SSSR count). The van der Waals surface area contributed by atoms with E-state index in [2.05, 4.69) is 30.5 Å². The van der Waals surface area contributed by atoms with Gasteiger partial charge in [-0.25, -0.2) is 27.9 Å². The minimum absolute atomic E-state index is 0.166. The number of carbonyl (C=O) groups is 1. The molecule has 2 aromatic heterocycles. The topological polar surface area (TPSA) is 121 Å². The predicted molar refractivity (Wildman–Crippen MR) is 153 cm³/mol. The van der Waals surface area contributed by atoms with Crippen LogP contribution in [0.15, 0.2) is 53.9 Å². The van der Waals surface area contributed by atoms with Gasteiger partial charge in [-0.1, -0.05) is 0 Å². The Balaban J connectivity index is 1.38. The smallest absolute Gasteiger partial charge is 0.412 e. The maximum Gasteiger partial charge on any atom is 0.412 e. The second-order valence-corrected chi connectivity index (χ2v) is 10.3. The van der Waals surface area contributed by atoms with Crippen LogP contribution in [0.5, 0.6) is 11.6 Å². The number of carbonyl (C=O) groups excluding carboxylic acids is 1. The van der Waals surface area contributed by atoms with E-state index in [0.717, 1.165) is 11.1 Å². The van der Waals surface area contributed by atoms with Crippen molar-refractivity contribution in [3.63, 3.8) is 0 Å². The third-order valence-corrected chi connectivity index (χ3v) is 6.98. The number of fused-ring (bicyclic) bond motifs is 1. The van der Waals surface area contributed by atoms with E-state index >= 15 is 4.39 Å². The number of rotatable bonds is 7. The number of halogens is 3. The zero-order chi connectivity index (χ0) is 30.7. The van der Waals surface area contributed by atoms with Gasteiger partial charge in [0, 0.05) is 23.8 Å². The standard InChI is InChI=1S/C30H29F3N6O4/c1-16-9-20(28-23(10-16)39-27(41-4)15-34-28)18(3)37-22-12-21(31)25(11-17(22)2)42-26-13-30(32,33)7-5-24(26)43-29(40)38-19-6-8-35-36-14-19/h6,8-12,14-15,24,26H,5,7,13H2,1-4H3,(H,35,38,40)/t24-,26+/m1/s1. The highest BCUT2D eigenvalue weighted by molar-refractivity contribution is 6.09. The lowest BCUT2D eigenvalue weighted by molar-refractivity contribution is -0.114. The van der Waals surface area contributed by atoms with Crippen molar-refractivity contribution in [3.05, 3.63) is 71.4 Å². The number of hydrogen-bond donors (Lipinski definition) is 1. The van der Waals surface area contributed by atoms with Gasteiger partial charge < -0.3 is 14.2 Å². The average Bonchev–Trinajstić information content (AvgIpc) is 2.96. The van der Waals surface area contributed by atoms with Gasteiger partial charge in [-0.2, -0.15) is 10.2 Å². The number of ether oxygens (including phenoxy) is 3. The number of anilines is 1. The van der Waals surface area contributed by atoms with Crippen molar-refractivity contribution >= 4 is 34.2 Å². The van der Waals surface area contributed by atoms with E-state index in [1.807, 2.05) is 19.1 Å². The molecule has 0 saturated heterocycles. The van der Waals surface area contributed by atoms with Crippen LogP contribution in [0.4, 0.5) is 29.3 Å². The summed E-state index contributed by atoms with van der Waals surface area (Å²) in [6, 6.07) is 7.86. The van der Waals surface area contributed by atoms with E-state index in [4.69, 9.17) is 14.2 Å². The maximum atomic E-state index is 15.4. The Labute approximate surface area is 245 Å². The number of aromatic nitrogens is 4. The first-order valence-electron chi connectivity index (χ1n) is 13.5. The van der Waals surface area contributed by atoms with Crippen molar-refractivity contribution in [1.82, 2.24) is 20.2 Å². The number of hydrogen-bond acceptors (Lipinski definition) is 9. The first-order valence-corrected chi connectivity index (χ1v) is 13.5. The molecule has 1 amide bonds. The summed E-state index contributed by atoms with van der Waals surface area (Å²) in [6.45, 7) is 5.40. The van der Waals surface area contributed by atoms with Crippen LogP contribution in [-0.2, 0) is 4.74 Å². The van der Waals surface area contributed by atoms with E-state index in [1.54, 1.807) is 13.8 Å². The second kappa shape index (κ2) is 12.2. The molecular weight excluding hydrogens is 565 g/mol. The molecule has 0 unspecified atom stereocenters. The first-order chi connectivity index (χ1) is 20.5. The number of aliphatic imine (C=N–C) groups is 1. The largest absolute Gasteiger partial charge is 0.483 e. The fourth-order valence-corrected chi connectivity index (χ4v) is 4.85. The Morgan fingerprint density at radius 3 is 2.67 bits per heavy atom. The van der Waals surface area contributed by atoms with Crippen LogP contribution >= 0.6 is 0 Å².